The molecule has 0 aliphatic heterocycles. The van der Waals surface area contributed by atoms with Gasteiger partial charge in [-0.05, 0) is 38.7 Å². The first kappa shape index (κ1) is 17.7. The van der Waals surface area contributed by atoms with Crippen molar-refractivity contribution in [2.24, 2.45) is 0 Å². The van der Waals surface area contributed by atoms with Crippen LogP contribution in [0.4, 0.5) is 0 Å². The Bertz CT molecular complexity index is 628. The molecule has 1 aromatic rings. The summed E-state index contributed by atoms with van der Waals surface area (Å²) in [6, 6.07) is 5.05. The number of hydrogen-bond donors (Lipinski definition) is 2. The third kappa shape index (κ3) is 5.86. The van der Waals surface area contributed by atoms with Crippen molar-refractivity contribution in [3.05, 3.63) is 29.3 Å². The molecule has 0 aliphatic carbocycles. The molecule has 0 unspecified atom stereocenters. The number of hydrogen-bond acceptors (Lipinski definition) is 4. The molecule has 0 aromatic heterocycles. The molecular formula is C15H22N2O3S. The number of likely N-dealkylation sites (N-methyl/N-ethyl adjacent to an activating group) is 1. The van der Waals surface area contributed by atoms with Gasteiger partial charge < -0.3 is 10.0 Å². The molecule has 0 aliphatic rings. The molecule has 116 valence electrons. The van der Waals surface area contributed by atoms with Crippen molar-refractivity contribution >= 4 is 10.0 Å². The largest absolute Gasteiger partial charge is 0.395 e. The standard InChI is InChI=1S/C15H22N2O3S/c1-13-7-8-15(14(12-13)6-4-5-11-18)21(19,20)16-9-10-17(2)3/h7-8,12,16,18H,5,9-11H2,1-3H3. The zero-order valence-corrected chi connectivity index (χ0v) is 13.5. The minimum absolute atomic E-state index is 0.0397. The molecule has 0 amide bonds. The lowest BCUT2D eigenvalue weighted by Gasteiger charge is -2.12. The number of rotatable bonds is 6. The van der Waals surface area contributed by atoms with Gasteiger partial charge in [0.05, 0.1) is 11.5 Å². The Morgan fingerprint density at radius 3 is 2.67 bits per heavy atom. The SMILES string of the molecule is Cc1ccc(S(=O)(=O)NCCN(C)C)c(C#CCCO)c1. The number of aryl methyl sites for hydroxylation is 1. The summed E-state index contributed by atoms with van der Waals surface area (Å²) in [6.07, 6.45) is 0.321. The molecule has 0 saturated heterocycles. The Kier molecular flexibility index (Phi) is 6.85. The van der Waals surface area contributed by atoms with Crippen LogP contribution in [0.1, 0.15) is 17.5 Å². The number of sulfonamides is 1. The summed E-state index contributed by atoms with van der Waals surface area (Å²) in [6.45, 7) is 2.80. The second-order valence-electron chi connectivity index (χ2n) is 4.98. The molecule has 1 aromatic carbocycles. The van der Waals surface area contributed by atoms with Gasteiger partial charge in [-0.2, -0.15) is 0 Å². The molecule has 0 bridgehead atoms. The highest BCUT2D eigenvalue weighted by Crippen LogP contribution is 2.16. The average Bonchev–Trinajstić information content (AvgIpc) is 2.38. The predicted molar refractivity (Wildman–Crippen MR) is 83.5 cm³/mol. The Labute approximate surface area is 127 Å². The van der Waals surface area contributed by atoms with Gasteiger partial charge in [0, 0.05) is 25.1 Å². The zero-order chi connectivity index (χ0) is 15.9. The average molecular weight is 310 g/mol. The van der Waals surface area contributed by atoms with E-state index >= 15 is 0 Å². The van der Waals surface area contributed by atoms with Crippen LogP contribution in [-0.2, 0) is 10.0 Å². The lowest BCUT2D eigenvalue weighted by Crippen LogP contribution is -2.31. The third-order valence-electron chi connectivity index (χ3n) is 2.74. The first-order valence-electron chi connectivity index (χ1n) is 6.71. The van der Waals surface area contributed by atoms with Crippen molar-refractivity contribution in [3.8, 4) is 11.8 Å². The van der Waals surface area contributed by atoms with E-state index in [0.717, 1.165) is 5.56 Å². The maximum atomic E-state index is 12.3. The van der Waals surface area contributed by atoms with E-state index in [1.165, 1.54) is 0 Å². The van der Waals surface area contributed by atoms with Gasteiger partial charge in [0.2, 0.25) is 10.0 Å². The zero-order valence-electron chi connectivity index (χ0n) is 12.7. The van der Waals surface area contributed by atoms with Gasteiger partial charge in [-0.3, -0.25) is 0 Å². The Morgan fingerprint density at radius 1 is 1.33 bits per heavy atom. The van der Waals surface area contributed by atoms with Crippen LogP contribution in [0.25, 0.3) is 0 Å². The van der Waals surface area contributed by atoms with Crippen molar-refractivity contribution in [2.75, 3.05) is 33.8 Å². The van der Waals surface area contributed by atoms with E-state index in [9.17, 15) is 8.42 Å². The maximum Gasteiger partial charge on any atom is 0.241 e. The Hall–Kier alpha value is -1.39. The van der Waals surface area contributed by atoms with Crippen molar-refractivity contribution in [1.82, 2.24) is 9.62 Å². The van der Waals surface area contributed by atoms with Crippen LogP contribution in [0, 0.1) is 18.8 Å². The van der Waals surface area contributed by atoms with E-state index in [4.69, 9.17) is 5.11 Å². The summed E-state index contributed by atoms with van der Waals surface area (Å²) in [5.74, 6) is 5.59. The Balaban J connectivity index is 3.03. The van der Waals surface area contributed by atoms with Crippen molar-refractivity contribution in [2.45, 2.75) is 18.2 Å². The van der Waals surface area contributed by atoms with E-state index in [-0.39, 0.29) is 11.5 Å². The third-order valence-corrected chi connectivity index (χ3v) is 4.25. The van der Waals surface area contributed by atoms with Gasteiger partial charge in [0.1, 0.15) is 0 Å². The molecule has 0 heterocycles. The van der Waals surface area contributed by atoms with Crippen LogP contribution < -0.4 is 4.72 Å². The number of aliphatic hydroxyl groups is 1. The van der Waals surface area contributed by atoms with E-state index in [1.54, 1.807) is 18.2 Å². The van der Waals surface area contributed by atoms with E-state index < -0.39 is 10.0 Å². The molecule has 0 atom stereocenters. The van der Waals surface area contributed by atoms with Gasteiger partial charge in [-0.1, -0.05) is 17.9 Å². The van der Waals surface area contributed by atoms with Gasteiger partial charge in [0.15, 0.2) is 0 Å². The van der Waals surface area contributed by atoms with Gasteiger partial charge in [-0.25, -0.2) is 13.1 Å². The molecule has 0 saturated carbocycles. The number of nitrogens with zero attached hydrogens (tertiary/aromatic N) is 1. The fraction of sp³-hybridized carbons (Fsp3) is 0.467. The Morgan fingerprint density at radius 2 is 2.05 bits per heavy atom. The first-order valence-corrected chi connectivity index (χ1v) is 8.20. The van der Waals surface area contributed by atoms with Crippen molar-refractivity contribution in [3.63, 3.8) is 0 Å². The maximum absolute atomic E-state index is 12.3. The molecule has 6 heteroatoms. The van der Waals surface area contributed by atoms with Gasteiger partial charge in [0.25, 0.3) is 0 Å². The monoisotopic (exact) mass is 310 g/mol. The number of nitrogens with one attached hydrogen (secondary N) is 1. The van der Waals surface area contributed by atoms with Crippen molar-refractivity contribution in [1.29, 1.82) is 0 Å². The van der Waals surface area contributed by atoms with E-state index in [0.29, 0.717) is 25.1 Å². The van der Waals surface area contributed by atoms with Crippen molar-refractivity contribution < 1.29 is 13.5 Å². The molecule has 0 fully saturated rings. The first-order chi connectivity index (χ1) is 9.86. The molecule has 0 radical (unpaired) electrons. The predicted octanol–water partition coefficient (Wildman–Crippen LogP) is 0.569. The number of benzene rings is 1. The summed E-state index contributed by atoms with van der Waals surface area (Å²) < 4.78 is 27.2. The molecule has 0 spiro atoms. The van der Waals surface area contributed by atoms with Crippen LogP contribution in [0.5, 0.6) is 0 Å². The highest BCUT2D eigenvalue weighted by Gasteiger charge is 2.17. The lowest BCUT2D eigenvalue weighted by atomic mass is 10.1. The summed E-state index contributed by atoms with van der Waals surface area (Å²) in [5, 5.41) is 8.76. The summed E-state index contributed by atoms with van der Waals surface area (Å²) in [7, 11) is 0.180. The van der Waals surface area contributed by atoms with E-state index in [2.05, 4.69) is 16.6 Å². The normalized spacial score (nSPS) is 11.3. The minimum Gasteiger partial charge on any atom is -0.395 e. The van der Waals surface area contributed by atoms with Crippen LogP contribution in [-0.4, -0.2) is 52.2 Å². The topological polar surface area (TPSA) is 69.6 Å². The molecular weight excluding hydrogens is 288 g/mol. The molecule has 21 heavy (non-hydrogen) atoms. The quantitative estimate of drug-likeness (QED) is 0.754. The second kappa shape index (κ2) is 8.15. The van der Waals surface area contributed by atoms with E-state index in [1.807, 2.05) is 25.9 Å². The summed E-state index contributed by atoms with van der Waals surface area (Å²) >= 11 is 0. The highest BCUT2D eigenvalue weighted by atomic mass is 32.2. The minimum atomic E-state index is -3.58. The lowest BCUT2D eigenvalue weighted by molar-refractivity contribution is 0.305. The molecule has 2 N–H and O–H groups in total. The number of aliphatic hydroxyl groups excluding tert-OH is 1. The molecule has 5 nitrogen and oxygen atoms in total. The highest BCUT2D eigenvalue weighted by molar-refractivity contribution is 7.89. The van der Waals surface area contributed by atoms with Crippen LogP contribution in [0.2, 0.25) is 0 Å². The van der Waals surface area contributed by atoms with Crippen LogP contribution in [0.15, 0.2) is 23.1 Å². The van der Waals surface area contributed by atoms with Gasteiger partial charge >= 0.3 is 0 Å². The van der Waals surface area contributed by atoms with Crippen LogP contribution in [0.3, 0.4) is 0 Å². The smallest absolute Gasteiger partial charge is 0.241 e. The summed E-state index contributed by atoms with van der Waals surface area (Å²) in [5.41, 5.74) is 1.40. The fourth-order valence-electron chi connectivity index (χ4n) is 1.67. The van der Waals surface area contributed by atoms with Gasteiger partial charge in [-0.15, -0.1) is 0 Å². The second-order valence-corrected chi connectivity index (χ2v) is 6.71. The van der Waals surface area contributed by atoms with Crippen LogP contribution >= 0.6 is 0 Å². The summed E-state index contributed by atoms with van der Waals surface area (Å²) in [4.78, 5) is 2.08. The fourth-order valence-corrected chi connectivity index (χ4v) is 2.83. The molecule has 1 rings (SSSR count).